The number of imide groups is 1. The number of benzene rings is 2. The first-order valence-corrected chi connectivity index (χ1v) is 12.3. The number of carbonyl (C=O) groups is 4. The fraction of sp³-hybridized carbons (Fsp3) is 0.333. The fourth-order valence-electron chi connectivity index (χ4n) is 4.26. The third kappa shape index (κ3) is 4.99. The molecule has 1 heterocycles. The van der Waals surface area contributed by atoms with Crippen LogP contribution in [0.15, 0.2) is 46.9 Å². The summed E-state index contributed by atoms with van der Waals surface area (Å²) in [6.45, 7) is 1.39. The van der Waals surface area contributed by atoms with E-state index in [1.165, 1.54) is 24.3 Å². The number of halogens is 3. The molecule has 0 aromatic heterocycles. The summed E-state index contributed by atoms with van der Waals surface area (Å²) < 4.78 is 5.99. The molecule has 3 amide bonds. The molecule has 0 spiro atoms. The summed E-state index contributed by atoms with van der Waals surface area (Å²) in [6, 6.07) is 11.3. The van der Waals surface area contributed by atoms with Crippen LogP contribution in [0.3, 0.4) is 0 Å². The SMILES string of the molecule is Cc1cc(Br)ccc1NC(=O)COC(=O)c1ccc(N2C(=O)[C@@H]3C[C@@H](Cl)[C@@H](Cl)C[C@H]3C2=O)cc1. The van der Waals surface area contributed by atoms with Crippen molar-refractivity contribution in [2.24, 2.45) is 11.8 Å². The molecule has 2 aromatic carbocycles. The second-order valence-corrected chi connectivity index (χ2v) is 10.4. The van der Waals surface area contributed by atoms with Gasteiger partial charge in [0, 0.05) is 10.2 Å². The molecule has 4 rings (SSSR count). The molecule has 1 aliphatic carbocycles. The predicted octanol–water partition coefficient (Wildman–Crippen LogP) is 4.67. The number of nitrogens with zero attached hydrogens (tertiary/aromatic N) is 1. The molecule has 34 heavy (non-hydrogen) atoms. The first kappa shape index (κ1) is 24.7. The number of carbonyl (C=O) groups excluding carboxylic acids is 4. The number of rotatable bonds is 5. The van der Waals surface area contributed by atoms with E-state index in [-0.39, 0.29) is 28.1 Å². The minimum absolute atomic E-state index is 0.189. The van der Waals surface area contributed by atoms with Gasteiger partial charge >= 0.3 is 5.97 Å². The Labute approximate surface area is 214 Å². The van der Waals surface area contributed by atoms with Gasteiger partial charge in [0.2, 0.25) is 11.8 Å². The maximum absolute atomic E-state index is 12.9. The zero-order chi connectivity index (χ0) is 24.6. The zero-order valence-electron chi connectivity index (χ0n) is 18.1. The number of esters is 1. The van der Waals surface area contributed by atoms with E-state index in [1.54, 1.807) is 12.1 Å². The Morgan fingerprint density at radius 2 is 1.62 bits per heavy atom. The number of hydrogen-bond donors (Lipinski definition) is 1. The molecule has 1 saturated carbocycles. The summed E-state index contributed by atoms with van der Waals surface area (Å²) in [5.74, 6) is -2.75. The van der Waals surface area contributed by atoms with Gasteiger partial charge < -0.3 is 10.1 Å². The minimum Gasteiger partial charge on any atom is -0.452 e. The number of anilines is 2. The average Bonchev–Trinajstić information content (AvgIpc) is 3.04. The van der Waals surface area contributed by atoms with Crippen molar-refractivity contribution in [3.63, 3.8) is 0 Å². The van der Waals surface area contributed by atoms with Gasteiger partial charge in [0.25, 0.3) is 5.91 Å². The molecule has 2 fully saturated rings. The zero-order valence-corrected chi connectivity index (χ0v) is 21.2. The normalized spacial score (nSPS) is 24.1. The van der Waals surface area contributed by atoms with Crippen molar-refractivity contribution in [3.05, 3.63) is 58.1 Å². The summed E-state index contributed by atoms with van der Waals surface area (Å²) in [5, 5.41) is 1.97. The molecule has 0 bridgehead atoms. The number of alkyl halides is 2. The highest BCUT2D eigenvalue weighted by atomic mass is 79.9. The van der Waals surface area contributed by atoms with E-state index < -0.39 is 30.3 Å². The first-order valence-electron chi connectivity index (χ1n) is 10.6. The highest BCUT2D eigenvalue weighted by Crippen LogP contribution is 2.43. The molecule has 4 atom stereocenters. The average molecular weight is 568 g/mol. The van der Waals surface area contributed by atoms with Crippen molar-refractivity contribution in [1.29, 1.82) is 0 Å². The Kier molecular flexibility index (Phi) is 7.31. The van der Waals surface area contributed by atoms with Crippen molar-refractivity contribution in [2.45, 2.75) is 30.5 Å². The van der Waals surface area contributed by atoms with E-state index in [2.05, 4.69) is 21.2 Å². The fourth-order valence-corrected chi connectivity index (χ4v) is 5.33. The van der Waals surface area contributed by atoms with Crippen molar-refractivity contribution in [2.75, 3.05) is 16.8 Å². The van der Waals surface area contributed by atoms with Crippen LogP contribution in [0.2, 0.25) is 0 Å². The van der Waals surface area contributed by atoms with E-state index in [1.807, 2.05) is 13.0 Å². The lowest BCUT2D eigenvalue weighted by Crippen LogP contribution is -2.34. The van der Waals surface area contributed by atoms with E-state index in [0.717, 1.165) is 14.9 Å². The molecule has 0 unspecified atom stereocenters. The number of fused-ring (bicyclic) bond motifs is 1. The van der Waals surface area contributed by atoms with E-state index in [0.29, 0.717) is 24.2 Å². The second kappa shape index (κ2) is 10.1. The Balaban J connectivity index is 1.37. The van der Waals surface area contributed by atoms with Gasteiger partial charge in [-0.05, 0) is 67.8 Å². The Hall–Kier alpha value is -2.42. The Bertz CT molecular complexity index is 1130. The number of aryl methyl sites for hydroxylation is 1. The predicted molar refractivity (Wildman–Crippen MR) is 132 cm³/mol. The van der Waals surface area contributed by atoms with Gasteiger partial charge in [0.1, 0.15) is 0 Å². The Morgan fingerprint density at radius 1 is 1.03 bits per heavy atom. The van der Waals surface area contributed by atoms with Crippen molar-refractivity contribution in [1.82, 2.24) is 0 Å². The Morgan fingerprint density at radius 3 is 2.18 bits per heavy atom. The summed E-state index contributed by atoms with van der Waals surface area (Å²) in [6.07, 6.45) is 0.710. The molecule has 7 nitrogen and oxygen atoms in total. The quantitative estimate of drug-likeness (QED) is 0.322. The second-order valence-electron chi connectivity index (χ2n) is 8.36. The van der Waals surface area contributed by atoms with Crippen LogP contribution in [-0.4, -0.2) is 41.1 Å². The van der Waals surface area contributed by atoms with Crippen LogP contribution >= 0.6 is 39.1 Å². The van der Waals surface area contributed by atoms with Crippen molar-refractivity contribution in [3.8, 4) is 0 Å². The third-order valence-electron chi connectivity index (χ3n) is 6.07. The standard InChI is InChI=1S/C24H21BrCl2N2O5/c1-12-8-14(25)4-7-20(12)28-21(30)11-34-24(33)13-2-5-15(6-3-13)29-22(31)16-9-18(26)19(27)10-17(16)23(29)32/h2-8,16-19H,9-11H2,1H3,(H,28,30)/t16-,17-,18-,19+/m1/s1. The number of nitrogens with one attached hydrogen (secondary N) is 1. The van der Waals surface area contributed by atoms with Crippen LogP contribution in [0, 0.1) is 18.8 Å². The molecule has 1 aliphatic heterocycles. The monoisotopic (exact) mass is 566 g/mol. The van der Waals surface area contributed by atoms with E-state index >= 15 is 0 Å². The molecule has 10 heteroatoms. The van der Waals surface area contributed by atoms with Gasteiger partial charge in [0.15, 0.2) is 6.61 Å². The summed E-state index contributed by atoms with van der Waals surface area (Å²) >= 11 is 15.8. The van der Waals surface area contributed by atoms with Crippen LogP contribution < -0.4 is 10.2 Å². The van der Waals surface area contributed by atoms with Gasteiger partial charge in [-0.25, -0.2) is 4.79 Å². The number of amides is 3. The number of ether oxygens (including phenoxy) is 1. The summed E-state index contributed by atoms with van der Waals surface area (Å²) in [5.41, 5.74) is 2.03. The van der Waals surface area contributed by atoms with Gasteiger partial charge in [-0.2, -0.15) is 0 Å². The smallest absolute Gasteiger partial charge is 0.338 e. The lowest BCUT2D eigenvalue weighted by molar-refractivity contribution is -0.122. The van der Waals surface area contributed by atoms with E-state index in [9.17, 15) is 19.2 Å². The molecule has 178 valence electrons. The summed E-state index contributed by atoms with van der Waals surface area (Å²) in [4.78, 5) is 51.4. The van der Waals surface area contributed by atoms with Crippen LogP contribution in [0.25, 0.3) is 0 Å². The van der Waals surface area contributed by atoms with Crippen LogP contribution in [0.5, 0.6) is 0 Å². The molecular weight excluding hydrogens is 547 g/mol. The minimum atomic E-state index is -0.697. The first-order chi connectivity index (χ1) is 16.2. The highest BCUT2D eigenvalue weighted by molar-refractivity contribution is 9.10. The van der Waals surface area contributed by atoms with E-state index in [4.69, 9.17) is 27.9 Å². The summed E-state index contributed by atoms with van der Waals surface area (Å²) in [7, 11) is 0. The largest absolute Gasteiger partial charge is 0.452 e. The van der Waals surface area contributed by atoms with Gasteiger partial charge in [-0.15, -0.1) is 23.2 Å². The van der Waals surface area contributed by atoms with Crippen molar-refractivity contribution >= 4 is 74.2 Å². The van der Waals surface area contributed by atoms with Crippen LogP contribution in [-0.2, 0) is 19.1 Å². The van der Waals surface area contributed by atoms with Crippen molar-refractivity contribution < 1.29 is 23.9 Å². The molecule has 2 aliphatic rings. The molecule has 2 aromatic rings. The third-order valence-corrected chi connectivity index (χ3v) is 7.66. The molecular formula is C24H21BrCl2N2O5. The lowest BCUT2D eigenvalue weighted by Gasteiger charge is -2.28. The van der Waals surface area contributed by atoms with Crippen LogP contribution in [0.4, 0.5) is 11.4 Å². The molecule has 0 radical (unpaired) electrons. The van der Waals surface area contributed by atoms with Gasteiger partial charge in [-0.3, -0.25) is 19.3 Å². The number of hydrogen-bond acceptors (Lipinski definition) is 5. The molecule has 1 N–H and O–H groups in total. The topological polar surface area (TPSA) is 92.8 Å². The van der Waals surface area contributed by atoms with Gasteiger partial charge in [0.05, 0.1) is 33.8 Å². The van der Waals surface area contributed by atoms with Crippen LogP contribution in [0.1, 0.15) is 28.8 Å². The van der Waals surface area contributed by atoms with Gasteiger partial charge in [-0.1, -0.05) is 15.9 Å². The lowest BCUT2D eigenvalue weighted by atomic mass is 9.80. The maximum Gasteiger partial charge on any atom is 0.338 e. The maximum atomic E-state index is 12.9. The highest BCUT2D eigenvalue weighted by Gasteiger charge is 2.52. The molecule has 1 saturated heterocycles.